The molecule has 0 spiro atoms. The van der Waals surface area contributed by atoms with E-state index in [1.165, 1.54) is 0 Å². The van der Waals surface area contributed by atoms with E-state index in [0.29, 0.717) is 0 Å². The van der Waals surface area contributed by atoms with E-state index in [-0.39, 0.29) is 192 Å². The molecule has 0 aliphatic rings. The van der Waals surface area contributed by atoms with Gasteiger partial charge in [0.15, 0.2) is 0 Å². The Morgan fingerprint density at radius 2 is 0.538 bits per heavy atom. The second-order valence-electron chi connectivity index (χ2n) is 0. The van der Waals surface area contributed by atoms with Gasteiger partial charge in [-0.05, 0) is 0 Å². The molecule has 0 saturated carbocycles. The minimum absolute atomic E-state index is 0. The van der Waals surface area contributed by atoms with Gasteiger partial charge in [-0.1, -0.05) is 0 Å². The number of hydrogen-bond donors (Lipinski definition) is 0. The van der Waals surface area contributed by atoms with Crippen LogP contribution < -0.4 is 37.7 Å². The molecule has 0 aromatic carbocycles. The van der Waals surface area contributed by atoms with E-state index in [2.05, 4.69) is 0 Å². The second-order valence-corrected chi connectivity index (χ2v) is 0. The monoisotopic (exact) mass is 478 g/mol. The van der Waals surface area contributed by atoms with Crippen LogP contribution in [0.3, 0.4) is 0 Å². The molecule has 0 heterocycles. The Balaban J connectivity index is 0. The molecule has 13 heavy (non-hydrogen) atoms. The molecule has 0 aromatic heterocycles. The van der Waals surface area contributed by atoms with Crippen LogP contribution in [0.25, 0.3) is 0 Å². The molecule has 0 aromatic rings. The zero-order chi connectivity index (χ0) is 0. The Kier molecular flexibility index (Phi) is 2580. The second kappa shape index (κ2) is 168. The van der Waals surface area contributed by atoms with Crippen molar-refractivity contribution in [2.24, 2.45) is 0 Å². The predicted octanol–water partition coefficient (Wildman–Crippen LogP) is -6.90. The van der Waals surface area contributed by atoms with E-state index >= 15 is 0 Å². The molecule has 0 bridgehead atoms. The first-order valence-electron chi connectivity index (χ1n) is 0. The zero-order valence-electron chi connectivity index (χ0n) is 8.28. The van der Waals surface area contributed by atoms with Crippen molar-refractivity contribution in [2.45, 2.75) is 0 Å². The van der Waals surface area contributed by atoms with Crippen molar-refractivity contribution < 1.29 is 158 Å². The van der Waals surface area contributed by atoms with Crippen molar-refractivity contribution in [2.75, 3.05) is 0 Å². The summed E-state index contributed by atoms with van der Waals surface area (Å²) in [6, 6.07) is 0. The molecule has 0 N–H and O–H groups in total. The first-order valence-corrected chi connectivity index (χ1v) is 0. The van der Waals surface area contributed by atoms with Gasteiger partial charge in [0.25, 0.3) is 0 Å². The summed E-state index contributed by atoms with van der Waals surface area (Å²) in [6.45, 7) is 0. The fourth-order valence-electron chi connectivity index (χ4n) is 0. The average Bonchev–Trinajstić information content (AvgIpc) is 0. The summed E-state index contributed by atoms with van der Waals surface area (Å²) >= 11 is 0. The van der Waals surface area contributed by atoms with Gasteiger partial charge in [-0.2, -0.15) is 0 Å². The average molecular weight is 480 g/mol. The van der Waals surface area contributed by atoms with Crippen LogP contribution in [0, 0.1) is 0 Å². The summed E-state index contributed by atoms with van der Waals surface area (Å²) in [5.41, 5.74) is 0. The molecule has 0 saturated heterocycles. The molecular formula is H2Al2Co2Cu2Li2Ni2O3. The Hall–Kier alpha value is 5.18. The van der Waals surface area contributed by atoms with Crippen molar-refractivity contribution in [3.63, 3.8) is 0 Å². The summed E-state index contributed by atoms with van der Waals surface area (Å²) in [6.07, 6.45) is 0. The maximum Gasteiger partial charge on any atom is 3.00 e. The smallest absolute Gasteiger partial charge is 2.00 e. The van der Waals surface area contributed by atoms with Gasteiger partial charge in [0.2, 0.25) is 0 Å². The third-order valence-corrected chi connectivity index (χ3v) is 0. The predicted molar refractivity (Wildman–Crippen MR) is 15.8 cm³/mol. The third kappa shape index (κ3) is 148. The van der Waals surface area contributed by atoms with Gasteiger partial charge in [0, 0.05) is 101 Å². The van der Waals surface area contributed by atoms with Crippen molar-refractivity contribution in [1.29, 1.82) is 0 Å². The molecule has 0 fully saturated rings. The summed E-state index contributed by atoms with van der Waals surface area (Å²) in [4.78, 5) is 0. The Morgan fingerprint density at radius 1 is 0.538 bits per heavy atom. The van der Waals surface area contributed by atoms with Gasteiger partial charge in [-0.3, -0.25) is 0 Å². The first-order chi connectivity index (χ1) is 0. The van der Waals surface area contributed by atoms with Crippen molar-refractivity contribution in [3.05, 3.63) is 0 Å². The standard InChI is InChI=1S/2Al.2Co.2Cu.2Li.2Ni.3O.2H/q2*+3;;;;;2*+1;;;3*-2;2*-1. The molecule has 0 rings (SSSR count). The van der Waals surface area contributed by atoms with Gasteiger partial charge < -0.3 is 19.3 Å². The topological polar surface area (TPSA) is 85.5 Å². The van der Waals surface area contributed by atoms with E-state index < -0.39 is 0 Å². The molecule has 0 aliphatic heterocycles. The molecule has 0 atom stereocenters. The normalized spacial score (nSPS) is 0. The minimum Gasteiger partial charge on any atom is -2.00 e. The Labute approximate surface area is 189 Å². The maximum atomic E-state index is 0. The summed E-state index contributed by atoms with van der Waals surface area (Å²) < 4.78 is 0. The first kappa shape index (κ1) is 200. The van der Waals surface area contributed by atoms with Crippen molar-refractivity contribution in [1.82, 2.24) is 0 Å². The zero-order valence-corrected chi connectivity index (χ0v) is 14.5. The maximum absolute atomic E-state index is 0. The fraction of sp³-hybridized carbons (Fsp3) is 0. The van der Waals surface area contributed by atoms with Crippen LogP contribution in [0.1, 0.15) is 2.85 Å². The molecule has 0 amide bonds. The van der Waals surface area contributed by atoms with Gasteiger partial charge in [-0.25, -0.2) is 0 Å². The van der Waals surface area contributed by atoms with Gasteiger partial charge in [-0.15, -0.1) is 0 Å². The summed E-state index contributed by atoms with van der Waals surface area (Å²) in [7, 11) is 0. The SMILES string of the molecule is [Al+3].[Al+3].[Co].[Co].[Cu].[Cu].[H-].[H-].[Li+].[Li+].[Ni].[Ni].[O-2].[O-2].[O-2]. The molecule has 13 heteroatoms. The van der Waals surface area contributed by atoms with Gasteiger partial charge in [0.05, 0.1) is 0 Å². The van der Waals surface area contributed by atoms with Gasteiger partial charge >= 0.3 is 72.4 Å². The quantitative estimate of drug-likeness (QED) is 0.309. The van der Waals surface area contributed by atoms with Crippen LogP contribution in [-0.2, 0) is 117 Å². The van der Waals surface area contributed by atoms with Crippen LogP contribution in [0.5, 0.6) is 0 Å². The van der Waals surface area contributed by atoms with E-state index in [0.717, 1.165) is 0 Å². The number of rotatable bonds is 0. The molecule has 4 radical (unpaired) electrons. The molecule has 0 unspecified atom stereocenters. The van der Waals surface area contributed by atoms with Crippen LogP contribution in [-0.4, -0.2) is 34.7 Å². The van der Waals surface area contributed by atoms with Crippen molar-refractivity contribution >= 4 is 34.7 Å². The van der Waals surface area contributed by atoms with E-state index in [4.69, 9.17) is 0 Å². The van der Waals surface area contributed by atoms with Crippen LogP contribution in [0.15, 0.2) is 0 Å². The molecule has 0 aliphatic carbocycles. The Morgan fingerprint density at radius 3 is 0.538 bits per heavy atom. The number of hydrogen-bond acceptors (Lipinski definition) is 0. The fourth-order valence-corrected chi connectivity index (χ4v) is 0. The van der Waals surface area contributed by atoms with Crippen molar-refractivity contribution in [3.8, 4) is 0 Å². The summed E-state index contributed by atoms with van der Waals surface area (Å²) in [5, 5.41) is 0. The van der Waals surface area contributed by atoms with Crippen LogP contribution in [0.4, 0.5) is 0 Å². The van der Waals surface area contributed by atoms with Crippen LogP contribution >= 0.6 is 0 Å². The van der Waals surface area contributed by atoms with Crippen LogP contribution in [0.2, 0.25) is 0 Å². The van der Waals surface area contributed by atoms with E-state index in [1.54, 1.807) is 0 Å². The third-order valence-electron chi connectivity index (χ3n) is 0. The van der Waals surface area contributed by atoms with E-state index in [1.807, 2.05) is 0 Å². The molecule has 88 valence electrons. The Bertz CT molecular complexity index is 41.8. The molecular weight excluding hydrogens is 478 g/mol. The largest absolute Gasteiger partial charge is 3.00 e. The van der Waals surface area contributed by atoms with E-state index in [9.17, 15) is 0 Å². The summed E-state index contributed by atoms with van der Waals surface area (Å²) in [5.74, 6) is 0. The molecule has 3 nitrogen and oxygen atoms in total. The minimum atomic E-state index is 0. The van der Waals surface area contributed by atoms with Gasteiger partial charge in [0.1, 0.15) is 0 Å².